The number of esters is 4. The van der Waals surface area contributed by atoms with Crippen molar-refractivity contribution in [2.75, 3.05) is 0 Å². The van der Waals surface area contributed by atoms with Crippen molar-refractivity contribution in [1.82, 2.24) is 0 Å². The molecule has 18 nitrogen and oxygen atoms in total. The molecule has 2 unspecified atom stereocenters. The maximum atomic E-state index is 15.6. The highest BCUT2D eigenvalue weighted by atomic mass is 32.1. The summed E-state index contributed by atoms with van der Waals surface area (Å²) in [5.41, 5.74) is -8.70. The molecule has 0 amide bonds. The van der Waals surface area contributed by atoms with E-state index in [-0.39, 0.29) is 64.7 Å². The number of ketones is 2. The van der Waals surface area contributed by atoms with Gasteiger partial charge >= 0.3 is 35.1 Å². The normalized spacial score (nSPS) is 17.5. The van der Waals surface area contributed by atoms with Crippen molar-refractivity contribution < 1.29 is 74.8 Å². The van der Waals surface area contributed by atoms with Crippen LogP contribution in [0, 0.1) is 80.4 Å². The zero-order valence-electron chi connectivity index (χ0n) is 51.2. The Kier molecular flexibility index (Phi) is 16.6. The Bertz CT molecular complexity index is 4920. The van der Waals surface area contributed by atoms with Gasteiger partial charge in [-0.1, -0.05) is 146 Å². The maximum absolute atomic E-state index is 15.6. The van der Waals surface area contributed by atoms with Gasteiger partial charge in [0.15, 0.2) is 23.3 Å². The summed E-state index contributed by atoms with van der Waals surface area (Å²) in [4.78, 5) is 101. The largest absolute Gasteiger partial charge is 0.458 e. The van der Waals surface area contributed by atoms with E-state index in [1.54, 1.807) is 158 Å². The highest BCUT2D eigenvalue weighted by Gasteiger charge is 2.63. The van der Waals surface area contributed by atoms with Crippen LogP contribution in [-0.2, 0) is 64.6 Å². The number of aliphatic imine (C=N–C) groups is 2. The molecule has 6 aliphatic rings. The van der Waals surface area contributed by atoms with Crippen LogP contribution in [0.2, 0.25) is 0 Å². The van der Waals surface area contributed by atoms with Crippen LogP contribution in [-0.4, -0.2) is 58.1 Å². The molecule has 2 aromatic heterocycles. The summed E-state index contributed by atoms with van der Waals surface area (Å²) in [6.45, 7) is -1.64. The molecule has 24 heteroatoms. The number of halogens is 4. The first kappa shape index (κ1) is 64.3. The Balaban J connectivity index is 0.985. The van der Waals surface area contributed by atoms with Gasteiger partial charge in [0, 0.05) is 79.7 Å². The Hall–Kier alpha value is -13.0. The number of carbonyl (C=O) groups is 6. The van der Waals surface area contributed by atoms with Gasteiger partial charge in [-0.3, -0.25) is 9.59 Å². The predicted molar refractivity (Wildman–Crippen MR) is 351 cm³/mol. The standard InChI is InChI=1S/C76H40F4N6O12S2/c77-55-25-47-49(27-57(55)79)67(87)65(63(47)45(31-81)32-82)85-61-29-59-69(99-61)51-21-44-24-54-52(22-43(44)23-53(51)75(97-59,71(89)93-35-39-13-5-1-6-14-39)72(90)94-36-40-15-7-2-8-16-40)70-60(30-62(100-70)86-66-64(46(33-83)34-84)48-26-56(78)58(80)28-50(48)68(66)88)98-76(54,73(91)95-37-41-17-9-3-10-18-41)74(92)96-38-42-19-11-4-12-20-42/h1-30,43-44H,35-38H2. The molecule has 4 aliphatic carbocycles. The van der Waals surface area contributed by atoms with Crippen LogP contribution >= 0.6 is 22.7 Å². The van der Waals surface area contributed by atoms with Gasteiger partial charge in [0.2, 0.25) is 11.6 Å². The fourth-order valence-electron chi connectivity index (χ4n) is 12.4. The zero-order valence-corrected chi connectivity index (χ0v) is 52.8. The second-order valence-electron chi connectivity index (χ2n) is 23.0. The van der Waals surface area contributed by atoms with Gasteiger partial charge < -0.3 is 28.4 Å². The molecule has 0 radical (unpaired) electrons. The number of thiophene rings is 2. The number of nitrogens with zero attached hydrogens (tertiary/aromatic N) is 6. The fraction of sp³-hybridized carbons (Fsp3) is 0.105. The van der Waals surface area contributed by atoms with Crippen molar-refractivity contribution in [3.05, 3.63) is 282 Å². The van der Waals surface area contributed by atoms with Crippen molar-refractivity contribution >= 4 is 102 Å². The van der Waals surface area contributed by atoms with E-state index in [0.717, 1.165) is 22.7 Å². The molecule has 100 heavy (non-hydrogen) atoms. The fourth-order valence-corrected chi connectivity index (χ4v) is 14.4. The third-order valence-corrected chi connectivity index (χ3v) is 19.1. The summed E-state index contributed by atoms with van der Waals surface area (Å²) in [6, 6.07) is 45.7. The van der Waals surface area contributed by atoms with E-state index in [1.807, 2.05) is 0 Å². The number of ether oxygens (including phenoxy) is 6. The molecule has 4 heterocycles. The van der Waals surface area contributed by atoms with E-state index in [1.165, 1.54) is 24.3 Å². The average Bonchev–Trinajstić information content (AvgIpc) is 1.10. The molecule has 2 atom stereocenters. The van der Waals surface area contributed by atoms with Crippen LogP contribution in [0.4, 0.5) is 27.6 Å². The molecular formula is C76H40F4N6O12S2. The van der Waals surface area contributed by atoms with Crippen LogP contribution in [0.5, 0.6) is 11.5 Å². The summed E-state index contributed by atoms with van der Waals surface area (Å²) in [5, 5.41) is 40.4. The first-order valence-electron chi connectivity index (χ1n) is 30.2. The van der Waals surface area contributed by atoms with Gasteiger partial charge in [-0.25, -0.2) is 46.7 Å². The van der Waals surface area contributed by atoms with Crippen LogP contribution in [0.25, 0.3) is 22.3 Å². The van der Waals surface area contributed by atoms with Crippen LogP contribution in [0.15, 0.2) is 214 Å². The maximum Gasteiger partial charge on any atom is 0.367 e. The number of hydrogen-bond donors (Lipinski definition) is 0. The van der Waals surface area contributed by atoms with Crippen molar-refractivity contribution in [2.24, 2.45) is 21.8 Å². The average molecular weight is 1370 g/mol. The number of fused-ring (bicyclic) bond motifs is 9. The van der Waals surface area contributed by atoms with Crippen molar-refractivity contribution in [2.45, 2.75) is 37.6 Å². The molecule has 0 bridgehead atoms. The lowest BCUT2D eigenvalue weighted by Crippen LogP contribution is -2.58. The van der Waals surface area contributed by atoms with Crippen molar-refractivity contribution in [3.63, 3.8) is 0 Å². The molecule has 0 saturated carbocycles. The van der Waals surface area contributed by atoms with Gasteiger partial charge in [-0.2, -0.15) is 21.0 Å². The highest BCUT2D eigenvalue weighted by molar-refractivity contribution is 7.18. The molecule has 0 saturated heterocycles. The molecular weight excluding hydrogens is 1330 g/mol. The number of rotatable bonds is 14. The van der Waals surface area contributed by atoms with E-state index < -0.39 is 153 Å². The third-order valence-electron chi connectivity index (χ3n) is 17.0. The summed E-state index contributed by atoms with van der Waals surface area (Å²) in [6.07, 6.45) is 6.27. The van der Waals surface area contributed by atoms with Gasteiger partial charge in [0.05, 0.1) is 9.75 Å². The second-order valence-corrected chi connectivity index (χ2v) is 25.1. The summed E-state index contributed by atoms with van der Waals surface area (Å²) < 4.78 is 97.5. The molecule has 0 N–H and O–H groups in total. The Morgan fingerprint density at radius 2 is 0.720 bits per heavy atom. The number of nitriles is 4. The molecule has 486 valence electrons. The SMILES string of the molecule is N#CC(C#N)=C1C(=Nc2cc3c(s2)C2=CC4C=C5C(=CC4C=C2C(C(=O)OCc2ccccc2)(C(=O)OCc2ccccc2)O3)c2sc(N=C3C(=O)c4cc(F)c(F)cc4C3=C(C#N)C#N)cc2OC5(C(=O)OCc2ccccc2)C(=O)OCc2ccccc2)C(=O)c2cc(F)c(F)cc21. The lowest BCUT2D eigenvalue weighted by Gasteiger charge is -2.42. The number of benzene rings is 6. The molecule has 6 aromatic carbocycles. The van der Waals surface area contributed by atoms with Crippen LogP contribution in [0.3, 0.4) is 0 Å². The topological polar surface area (TPSA) is 278 Å². The number of Topliss-reactive ketones (excluding diaryl/α,β-unsaturated/α-hetero) is 2. The highest BCUT2D eigenvalue weighted by Crippen LogP contribution is 2.59. The van der Waals surface area contributed by atoms with Gasteiger partial charge in [0.1, 0.15) is 94.8 Å². The Morgan fingerprint density at radius 1 is 0.430 bits per heavy atom. The quantitative estimate of drug-likeness (QED) is 0.0321. The first-order valence-corrected chi connectivity index (χ1v) is 31.8. The number of carbonyl (C=O) groups excluding carboxylic acids is 6. The van der Waals surface area contributed by atoms with Gasteiger partial charge in [0.25, 0.3) is 0 Å². The van der Waals surface area contributed by atoms with Crippen LogP contribution < -0.4 is 9.47 Å². The van der Waals surface area contributed by atoms with Gasteiger partial charge in [-0.05, 0) is 46.5 Å². The molecule has 2 aliphatic heterocycles. The lowest BCUT2D eigenvalue weighted by molar-refractivity contribution is -0.179. The first-order chi connectivity index (χ1) is 48.5. The number of hydrogen-bond acceptors (Lipinski definition) is 20. The predicted octanol–water partition coefficient (Wildman–Crippen LogP) is 13.7. The van der Waals surface area contributed by atoms with E-state index >= 15 is 19.2 Å². The molecule has 8 aromatic rings. The minimum absolute atomic E-state index is 0.0761. The van der Waals surface area contributed by atoms with E-state index in [0.29, 0.717) is 46.5 Å². The zero-order chi connectivity index (χ0) is 69.7. The molecule has 0 spiro atoms. The summed E-state index contributed by atoms with van der Waals surface area (Å²) in [5.74, 6) is -15.2. The number of allylic oxidation sites excluding steroid dienone is 8. The van der Waals surface area contributed by atoms with Crippen molar-refractivity contribution in [3.8, 4) is 35.8 Å². The van der Waals surface area contributed by atoms with E-state index in [9.17, 15) is 48.2 Å². The van der Waals surface area contributed by atoms with Crippen molar-refractivity contribution in [1.29, 1.82) is 21.0 Å². The lowest BCUT2D eigenvalue weighted by atomic mass is 9.68. The smallest absolute Gasteiger partial charge is 0.367 e. The Labute approximate surface area is 571 Å². The molecule has 0 fully saturated rings. The molecule has 14 rings (SSSR count). The van der Waals surface area contributed by atoms with E-state index in [4.69, 9.17) is 28.4 Å². The van der Waals surface area contributed by atoms with Crippen LogP contribution in [0.1, 0.15) is 63.9 Å². The monoisotopic (exact) mass is 1370 g/mol. The van der Waals surface area contributed by atoms with Gasteiger partial charge in [-0.15, -0.1) is 22.7 Å². The summed E-state index contributed by atoms with van der Waals surface area (Å²) in [7, 11) is 0. The minimum atomic E-state index is -2.90. The Morgan fingerprint density at radius 3 is 1.01 bits per heavy atom. The summed E-state index contributed by atoms with van der Waals surface area (Å²) >= 11 is 1.65. The minimum Gasteiger partial charge on any atom is -0.458 e. The van der Waals surface area contributed by atoms with E-state index in [2.05, 4.69) is 9.98 Å². The third kappa shape index (κ3) is 11.0. The second kappa shape index (κ2) is 25.9.